The molecule has 2 aromatic heterocycles. The molecule has 1 aliphatic rings. The predicted molar refractivity (Wildman–Crippen MR) is 103 cm³/mol. The zero-order chi connectivity index (χ0) is 20.4. The number of nitrogens with zero attached hydrogens (tertiary/aromatic N) is 4. The molecule has 0 spiro atoms. The number of rotatable bonds is 4. The van der Waals surface area contributed by atoms with Crippen LogP contribution in [0.3, 0.4) is 0 Å². The summed E-state index contributed by atoms with van der Waals surface area (Å²) in [5.74, 6) is -1.78. The maximum Gasteiger partial charge on any atom is 1.00 e. The van der Waals surface area contributed by atoms with Gasteiger partial charge in [-0.25, -0.2) is 4.98 Å². The van der Waals surface area contributed by atoms with Crippen molar-refractivity contribution in [2.45, 2.75) is 25.4 Å². The Bertz CT molecular complexity index is 1140. The summed E-state index contributed by atoms with van der Waals surface area (Å²) in [4.78, 5) is 30.9. The van der Waals surface area contributed by atoms with Gasteiger partial charge in [0.2, 0.25) is 0 Å². The predicted octanol–water partition coefficient (Wildman–Crippen LogP) is -3.81. The molecule has 1 saturated heterocycles. The second-order valence-electron chi connectivity index (χ2n) is 7.09. The second-order valence-corrected chi connectivity index (χ2v) is 7.09. The molecule has 1 aliphatic heterocycles. The summed E-state index contributed by atoms with van der Waals surface area (Å²) in [6.45, 7) is 2.64. The van der Waals surface area contributed by atoms with E-state index in [1.165, 1.54) is 11.6 Å². The van der Waals surface area contributed by atoms with Gasteiger partial charge in [0.1, 0.15) is 0 Å². The SMILES string of the molecule is O=C(NC1CCN(Cc2ccccc2)CC1)c1cc2ncc(=C([O-])O)c(=O)n2n1.[Na+]. The van der Waals surface area contributed by atoms with Gasteiger partial charge in [0, 0.05) is 37.9 Å². The number of fused-ring (bicyclic) bond motifs is 1. The van der Waals surface area contributed by atoms with E-state index < -0.39 is 22.6 Å². The fourth-order valence-electron chi connectivity index (χ4n) is 3.51. The molecule has 3 heterocycles. The van der Waals surface area contributed by atoms with Gasteiger partial charge in [-0.2, -0.15) is 9.61 Å². The van der Waals surface area contributed by atoms with Gasteiger partial charge in [-0.1, -0.05) is 30.3 Å². The first-order valence-corrected chi connectivity index (χ1v) is 9.37. The van der Waals surface area contributed by atoms with E-state index in [0.29, 0.717) is 0 Å². The van der Waals surface area contributed by atoms with E-state index in [9.17, 15) is 14.7 Å². The monoisotopic (exact) mass is 417 g/mol. The van der Waals surface area contributed by atoms with Crippen LogP contribution in [0.2, 0.25) is 0 Å². The molecule has 0 radical (unpaired) electrons. The molecule has 9 nitrogen and oxygen atoms in total. The van der Waals surface area contributed by atoms with Crippen molar-refractivity contribution in [3.8, 4) is 0 Å². The molecule has 150 valence electrons. The molecule has 0 unspecified atom stereocenters. The summed E-state index contributed by atoms with van der Waals surface area (Å²) in [5.41, 5.74) is 0.642. The van der Waals surface area contributed by atoms with E-state index in [-0.39, 0.29) is 46.9 Å². The largest absolute Gasteiger partial charge is 1.00 e. The van der Waals surface area contributed by atoms with Crippen molar-refractivity contribution in [1.82, 2.24) is 24.8 Å². The Morgan fingerprint density at radius 3 is 2.60 bits per heavy atom. The molecule has 2 N–H and O–H groups in total. The Kier molecular flexibility index (Phi) is 7.09. The number of carbonyl (C=O) groups excluding carboxylic acids is 1. The number of hydrogen-bond acceptors (Lipinski definition) is 7. The molecule has 0 bridgehead atoms. The molecular formula is C20H20N5NaO4. The Morgan fingerprint density at radius 2 is 1.93 bits per heavy atom. The molecule has 3 aromatic rings. The number of aromatic nitrogens is 3. The fraction of sp³-hybridized carbons (Fsp3) is 0.300. The van der Waals surface area contributed by atoms with Crippen molar-refractivity contribution in [1.29, 1.82) is 0 Å². The van der Waals surface area contributed by atoms with Crippen LogP contribution >= 0.6 is 0 Å². The van der Waals surface area contributed by atoms with Crippen LogP contribution in [0.1, 0.15) is 28.9 Å². The van der Waals surface area contributed by atoms with E-state index in [2.05, 4.69) is 32.4 Å². The fourth-order valence-corrected chi connectivity index (χ4v) is 3.51. The molecular weight excluding hydrogens is 397 g/mol. The first kappa shape index (κ1) is 22.2. The molecule has 1 aromatic carbocycles. The molecule has 1 amide bonds. The summed E-state index contributed by atoms with van der Waals surface area (Å²) in [7, 11) is 0. The Morgan fingerprint density at radius 1 is 1.23 bits per heavy atom. The van der Waals surface area contributed by atoms with Gasteiger partial charge in [0.25, 0.3) is 11.5 Å². The first-order valence-electron chi connectivity index (χ1n) is 9.37. The maximum absolute atomic E-state index is 12.5. The molecule has 30 heavy (non-hydrogen) atoms. The summed E-state index contributed by atoms with van der Waals surface area (Å²) in [6.07, 6.45) is 2.62. The Balaban J connectivity index is 0.00000256. The van der Waals surface area contributed by atoms with Crippen molar-refractivity contribution < 1.29 is 44.6 Å². The summed E-state index contributed by atoms with van der Waals surface area (Å²) in [6, 6.07) is 11.7. The minimum atomic E-state index is -1.38. The van der Waals surface area contributed by atoms with Crippen LogP contribution in [-0.2, 0) is 6.54 Å². The van der Waals surface area contributed by atoms with Crippen molar-refractivity contribution >= 4 is 17.5 Å². The molecule has 0 saturated carbocycles. The van der Waals surface area contributed by atoms with Crippen LogP contribution in [0.25, 0.3) is 11.6 Å². The zero-order valence-electron chi connectivity index (χ0n) is 16.6. The van der Waals surface area contributed by atoms with Crippen LogP contribution in [0, 0.1) is 0 Å². The standard InChI is InChI=1S/C20H21N5O4.Na/c26-18(16-10-17-21-11-15(20(28)29)19(27)25(17)23-16)22-14-6-8-24(9-7-14)12-13-4-2-1-3-5-13;/h1-5,10-11,14,28-29H,6-9,12H2,(H,22,26);/q;+1/p-1. The van der Waals surface area contributed by atoms with Gasteiger partial charge in [-0.05, 0) is 18.4 Å². The van der Waals surface area contributed by atoms with Gasteiger partial charge in [0.15, 0.2) is 11.3 Å². The average Bonchev–Trinajstić information content (AvgIpc) is 3.16. The number of aliphatic hydroxyl groups is 1. The van der Waals surface area contributed by atoms with E-state index in [4.69, 9.17) is 5.11 Å². The summed E-state index contributed by atoms with van der Waals surface area (Å²) in [5, 5.41) is 26.5. The third-order valence-corrected chi connectivity index (χ3v) is 5.07. The number of benzene rings is 1. The molecule has 0 atom stereocenters. The van der Waals surface area contributed by atoms with Crippen LogP contribution in [-0.4, -0.2) is 49.6 Å². The van der Waals surface area contributed by atoms with Crippen LogP contribution < -0.4 is 50.8 Å². The van der Waals surface area contributed by atoms with Crippen LogP contribution in [0.5, 0.6) is 0 Å². The minimum Gasteiger partial charge on any atom is -0.629 e. The Hall–Kier alpha value is -2.46. The van der Waals surface area contributed by atoms with Crippen molar-refractivity contribution in [2.75, 3.05) is 13.1 Å². The third kappa shape index (κ3) is 4.81. The number of likely N-dealkylation sites (tertiary alicyclic amines) is 1. The number of piperidine rings is 1. The Labute approximate surface area is 194 Å². The van der Waals surface area contributed by atoms with Gasteiger partial charge < -0.3 is 15.5 Å². The van der Waals surface area contributed by atoms with E-state index in [1.807, 2.05) is 18.2 Å². The van der Waals surface area contributed by atoms with Crippen LogP contribution in [0.4, 0.5) is 0 Å². The summed E-state index contributed by atoms with van der Waals surface area (Å²) < 4.78 is 0.848. The number of amides is 1. The van der Waals surface area contributed by atoms with Gasteiger partial charge in [0.05, 0.1) is 11.2 Å². The molecule has 10 heteroatoms. The van der Waals surface area contributed by atoms with E-state index in [0.717, 1.165) is 43.2 Å². The number of hydrogen-bond donors (Lipinski definition) is 2. The van der Waals surface area contributed by atoms with Crippen molar-refractivity contribution in [2.24, 2.45) is 0 Å². The quantitative estimate of drug-likeness (QED) is 0.417. The minimum absolute atomic E-state index is 0. The average molecular weight is 417 g/mol. The molecule has 0 aliphatic carbocycles. The van der Waals surface area contributed by atoms with Crippen molar-refractivity contribution in [3.05, 3.63) is 69.4 Å². The van der Waals surface area contributed by atoms with E-state index in [1.54, 1.807) is 0 Å². The smallest absolute Gasteiger partial charge is 0.629 e. The number of aliphatic hydroxyl groups excluding tert-OH is 1. The third-order valence-electron chi connectivity index (χ3n) is 5.07. The van der Waals surface area contributed by atoms with Gasteiger partial charge >= 0.3 is 29.6 Å². The van der Waals surface area contributed by atoms with E-state index >= 15 is 0 Å². The zero-order valence-corrected chi connectivity index (χ0v) is 18.6. The number of nitrogens with one attached hydrogen (secondary N) is 1. The first-order chi connectivity index (χ1) is 14.0. The maximum atomic E-state index is 12.5. The van der Waals surface area contributed by atoms with Gasteiger partial charge in [-0.3, -0.25) is 14.5 Å². The topological polar surface area (TPSA) is 123 Å². The normalized spacial score (nSPS) is 16.1. The van der Waals surface area contributed by atoms with Crippen molar-refractivity contribution in [3.63, 3.8) is 0 Å². The molecule has 1 fully saturated rings. The second kappa shape index (κ2) is 9.57. The molecule has 4 rings (SSSR count). The van der Waals surface area contributed by atoms with Gasteiger partial charge in [-0.15, -0.1) is 0 Å². The summed E-state index contributed by atoms with van der Waals surface area (Å²) >= 11 is 0. The van der Waals surface area contributed by atoms with Crippen LogP contribution in [0.15, 0.2) is 47.4 Å². The number of carbonyl (C=O) groups is 1.